The summed E-state index contributed by atoms with van der Waals surface area (Å²) in [6, 6.07) is 3.80. The Labute approximate surface area is 124 Å². The predicted octanol–water partition coefficient (Wildman–Crippen LogP) is 2.21. The van der Waals surface area contributed by atoms with E-state index < -0.39 is 14.9 Å². The maximum absolute atomic E-state index is 12.2. The fraction of sp³-hybridized carbons (Fsp3) is 0.538. The summed E-state index contributed by atoms with van der Waals surface area (Å²) in [6.07, 6.45) is 0. The third-order valence-electron chi connectivity index (χ3n) is 3.48. The van der Waals surface area contributed by atoms with Crippen molar-refractivity contribution in [1.29, 1.82) is 0 Å². The number of hydrogen-bond acceptors (Lipinski definition) is 5. The highest BCUT2D eigenvalue weighted by molar-refractivity contribution is 7.89. The van der Waals surface area contributed by atoms with E-state index in [-0.39, 0.29) is 22.2 Å². The van der Waals surface area contributed by atoms with Crippen LogP contribution < -0.4 is 10.0 Å². The van der Waals surface area contributed by atoms with E-state index in [4.69, 9.17) is 0 Å². The van der Waals surface area contributed by atoms with Gasteiger partial charge in [0.2, 0.25) is 10.0 Å². The van der Waals surface area contributed by atoms with Crippen molar-refractivity contribution in [3.8, 4) is 0 Å². The molecule has 0 aliphatic rings. The molecule has 0 amide bonds. The number of anilines is 1. The number of hydrogen-bond donors (Lipinski definition) is 2. The Hall–Kier alpha value is -1.67. The molecule has 1 atom stereocenters. The van der Waals surface area contributed by atoms with Gasteiger partial charge in [-0.15, -0.1) is 0 Å². The Kier molecular flexibility index (Phi) is 5.68. The van der Waals surface area contributed by atoms with Gasteiger partial charge in [0.05, 0.1) is 9.82 Å². The summed E-state index contributed by atoms with van der Waals surface area (Å²) in [5, 5.41) is 13.6. The van der Waals surface area contributed by atoms with Crippen LogP contribution in [0.4, 0.5) is 11.4 Å². The van der Waals surface area contributed by atoms with E-state index in [2.05, 4.69) is 10.0 Å². The molecule has 8 heteroatoms. The Morgan fingerprint density at radius 1 is 1.29 bits per heavy atom. The molecule has 7 nitrogen and oxygen atoms in total. The molecule has 0 saturated carbocycles. The SMILES string of the molecule is CNc1ccc(S(=O)(=O)NCC(C)C(C)C)cc1[N+](=O)[O-]. The highest BCUT2D eigenvalue weighted by Gasteiger charge is 2.21. The lowest BCUT2D eigenvalue weighted by Gasteiger charge is -2.16. The second-order valence-corrected chi connectivity index (χ2v) is 7.03. The molecule has 0 saturated heterocycles. The topological polar surface area (TPSA) is 101 Å². The van der Waals surface area contributed by atoms with E-state index in [0.717, 1.165) is 6.07 Å². The number of sulfonamides is 1. The van der Waals surface area contributed by atoms with Gasteiger partial charge < -0.3 is 5.32 Å². The standard InChI is InChI=1S/C13H21N3O4S/c1-9(2)10(3)8-15-21(19,20)11-5-6-12(14-4)13(7-11)16(17)18/h5-7,9-10,14-15H,8H2,1-4H3. The van der Waals surface area contributed by atoms with Crippen molar-refractivity contribution in [1.82, 2.24) is 4.72 Å². The first-order valence-corrected chi connectivity index (χ1v) is 8.13. The second-order valence-electron chi connectivity index (χ2n) is 5.26. The van der Waals surface area contributed by atoms with Crippen LogP contribution in [-0.4, -0.2) is 26.9 Å². The Balaban J connectivity index is 3.04. The monoisotopic (exact) mass is 315 g/mol. The fourth-order valence-corrected chi connectivity index (χ4v) is 2.76. The minimum absolute atomic E-state index is 0.107. The van der Waals surface area contributed by atoms with Crippen molar-refractivity contribution < 1.29 is 13.3 Å². The molecule has 0 radical (unpaired) electrons. The maximum Gasteiger partial charge on any atom is 0.293 e. The van der Waals surface area contributed by atoms with Gasteiger partial charge in [0.25, 0.3) is 5.69 Å². The van der Waals surface area contributed by atoms with Crippen LogP contribution in [0.3, 0.4) is 0 Å². The summed E-state index contributed by atoms with van der Waals surface area (Å²) in [4.78, 5) is 10.2. The molecule has 0 aliphatic heterocycles. The number of rotatable bonds is 7. The van der Waals surface area contributed by atoms with Crippen LogP contribution >= 0.6 is 0 Å². The molecule has 1 unspecified atom stereocenters. The summed E-state index contributed by atoms with van der Waals surface area (Å²) >= 11 is 0. The first-order valence-electron chi connectivity index (χ1n) is 6.65. The molecule has 118 valence electrons. The summed E-state index contributed by atoms with van der Waals surface area (Å²) in [5.74, 6) is 0.514. The van der Waals surface area contributed by atoms with Gasteiger partial charge in [0, 0.05) is 19.7 Å². The van der Waals surface area contributed by atoms with Crippen LogP contribution in [0, 0.1) is 22.0 Å². The van der Waals surface area contributed by atoms with Gasteiger partial charge in [-0.2, -0.15) is 0 Å². The van der Waals surface area contributed by atoms with Crippen molar-refractivity contribution in [2.75, 3.05) is 18.9 Å². The molecule has 1 rings (SSSR count). The number of nitrogens with one attached hydrogen (secondary N) is 2. The molecule has 2 N–H and O–H groups in total. The van der Waals surface area contributed by atoms with Gasteiger partial charge in [0.1, 0.15) is 5.69 Å². The summed E-state index contributed by atoms with van der Waals surface area (Å²) in [7, 11) is -2.21. The lowest BCUT2D eigenvalue weighted by atomic mass is 9.99. The summed E-state index contributed by atoms with van der Waals surface area (Å²) in [5.41, 5.74) is 0.00628. The zero-order valence-electron chi connectivity index (χ0n) is 12.6. The van der Waals surface area contributed by atoms with E-state index >= 15 is 0 Å². The summed E-state index contributed by atoms with van der Waals surface area (Å²) < 4.78 is 26.8. The highest BCUT2D eigenvalue weighted by atomic mass is 32.2. The van der Waals surface area contributed by atoms with E-state index in [1.807, 2.05) is 20.8 Å². The van der Waals surface area contributed by atoms with Crippen LogP contribution in [0.25, 0.3) is 0 Å². The lowest BCUT2D eigenvalue weighted by Crippen LogP contribution is -2.30. The molecule has 0 fully saturated rings. The third-order valence-corrected chi connectivity index (χ3v) is 4.90. The van der Waals surface area contributed by atoms with Gasteiger partial charge in [-0.3, -0.25) is 10.1 Å². The van der Waals surface area contributed by atoms with Crippen molar-refractivity contribution in [3.05, 3.63) is 28.3 Å². The molecule has 0 aliphatic carbocycles. The van der Waals surface area contributed by atoms with Crippen molar-refractivity contribution in [2.24, 2.45) is 11.8 Å². The number of nitro benzene ring substituents is 1. The van der Waals surface area contributed by atoms with E-state index in [9.17, 15) is 18.5 Å². The second kappa shape index (κ2) is 6.86. The van der Waals surface area contributed by atoms with E-state index in [1.54, 1.807) is 7.05 Å². The largest absolute Gasteiger partial charge is 0.383 e. The number of nitro groups is 1. The molecule has 21 heavy (non-hydrogen) atoms. The zero-order valence-corrected chi connectivity index (χ0v) is 13.4. The van der Waals surface area contributed by atoms with Crippen LogP contribution in [0.2, 0.25) is 0 Å². The fourth-order valence-electron chi connectivity index (χ4n) is 1.60. The minimum atomic E-state index is -3.75. The molecule has 1 aromatic carbocycles. The van der Waals surface area contributed by atoms with Crippen molar-refractivity contribution >= 4 is 21.4 Å². The predicted molar refractivity (Wildman–Crippen MR) is 81.8 cm³/mol. The number of benzene rings is 1. The average molecular weight is 315 g/mol. The highest BCUT2D eigenvalue weighted by Crippen LogP contribution is 2.27. The summed E-state index contributed by atoms with van der Waals surface area (Å²) in [6.45, 7) is 6.25. The normalized spacial score (nSPS) is 13.2. The van der Waals surface area contributed by atoms with E-state index in [1.165, 1.54) is 12.1 Å². The smallest absolute Gasteiger partial charge is 0.293 e. The maximum atomic E-state index is 12.2. The van der Waals surface area contributed by atoms with Gasteiger partial charge in [-0.1, -0.05) is 20.8 Å². The molecular weight excluding hydrogens is 294 g/mol. The van der Waals surface area contributed by atoms with Gasteiger partial charge in [-0.25, -0.2) is 13.1 Å². The van der Waals surface area contributed by atoms with Crippen LogP contribution in [-0.2, 0) is 10.0 Å². The average Bonchev–Trinajstić information content (AvgIpc) is 2.43. The zero-order chi connectivity index (χ0) is 16.2. The third kappa shape index (κ3) is 4.40. The minimum Gasteiger partial charge on any atom is -0.383 e. The molecule has 0 spiro atoms. The van der Waals surface area contributed by atoms with E-state index in [0.29, 0.717) is 12.5 Å². The Morgan fingerprint density at radius 3 is 2.38 bits per heavy atom. The lowest BCUT2D eigenvalue weighted by molar-refractivity contribution is -0.384. The Bertz CT molecular complexity index is 614. The van der Waals surface area contributed by atoms with Gasteiger partial charge >= 0.3 is 0 Å². The first kappa shape index (κ1) is 17.4. The Morgan fingerprint density at radius 2 is 1.90 bits per heavy atom. The molecular formula is C13H21N3O4S. The van der Waals surface area contributed by atoms with Crippen LogP contribution in [0.1, 0.15) is 20.8 Å². The van der Waals surface area contributed by atoms with Crippen LogP contribution in [0.15, 0.2) is 23.1 Å². The molecule has 0 heterocycles. The molecule has 0 bridgehead atoms. The van der Waals surface area contributed by atoms with Crippen LogP contribution in [0.5, 0.6) is 0 Å². The van der Waals surface area contributed by atoms with Gasteiger partial charge in [0.15, 0.2) is 0 Å². The molecule has 1 aromatic rings. The van der Waals surface area contributed by atoms with Crippen molar-refractivity contribution in [3.63, 3.8) is 0 Å². The van der Waals surface area contributed by atoms with Crippen molar-refractivity contribution in [2.45, 2.75) is 25.7 Å². The van der Waals surface area contributed by atoms with Gasteiger partial charge in [-0.05, 0) is 24.0 Å². The molecule has 0 aromatic heterocycles. The quantitative estimate of drug-likeness (QED) is 0.593. The first-order chi connectivity index (χ1) is 9.69. The number of nitrogens with zero attached hydrogens (tertiary/aromatic N) is 1.